The Kier molecular flexibility index (Phi) is 2.60. The highest BCUT2D eigenvalue weighted by Gasteiger charge is 2.21. The third-order valence-electron chi connectivity index (χ3n) is 2.32. The van der Waals surface area contributed by atoms with Gasteiger partial charge in [0.15, 0.2) is 0 Å². The number of halogens is 1. The van der Waals surface area contributed by atoms with Gasteiger partial charge in [-0.2, -0.15) is 0 Å². The predicted molar refractivity (Wildman–Crippen MR) is 57.2 cm³/mol. The lowest BCUT2D eigenvalue weighted by Crippen LogP contribution is -2.05. The summed E-state index contributed by atoms with van der Waals surface area (Å²) in [5, 5.41) is 0. The molecule has 2 heterocycles. The van der Waals surface area contributed by atoms with Crippen LogP contribution in [0.4, 0.5) is 0 Å². The molecule has 1 fully saturated rings. The first-order chi connectivity index (χ1) is 5.86. The summed E-state index contributed by atoms with van der Waals surface area (Å²) in [5.74, 6) is 0.727. The average Bonchev–Trinajstić information content (AvgIpc) is 2.54. The monoisotopic (exact) mass is 274 g/mol. The number of pyridine rings is 1. The minimum absolute atomic E-state index is 0.727. The van der Waals surface area contributed by atoms with Gasteiger partial charge in [-0.1, -0.05) is 0 Å². The molecule has 1 aliphatic heterocycles. The molecule has 2 nitrogen and oxygen atoms in total. The molecule has 0 radical (unpaired) electrons. The summed E-state index contributed by atoms with van der Waals surface area (Å²) < 4.78 is 2.35. The Morgan fingerprint density at radius 2 is 2.17 bits per heavy atom. The minimum Gasteiger partial charge on any atom is -0.265 e. The van der Waals surface area contributed by atoms with Crippen LogP contribution in [0.3, 0.4) is 0 Å². The van der Waals surface area contributed by atoms with E-state index in [2.05, 4.69) is 43.1 Å². The van der Waals surface area contributed by atoms with Gasteiger partial charge in [0.25, 0.3) is 0 Å². The molecule has 0 spiro atoms. The van der Waals surface area contributed by atoms with Crippen LogP contribution in [0, 0.1) is 0 Å². The highest BCUT2D eigenvalue weighted by molar-refractivity contribution is 14.1. The zero-order valence-corrected chi connectivity index (χ0v) is 8.94. The third kappa shape index (κ3) is 1.77. The fourth-order valence-electron chi connectivity index (χ4n) is 1.63. The molecule has 0 aromatic carbocycles. The molecule has 64 valence electrons. The Hall–Kier alpha value is -0.160. The van der Waals surface area contributed by atoms with Crippen molar-refractivity contribution in [2.75, 3.05) is 13.1 Å². The molecule has 3 heteroatoms. The maximum atomic E-state index is 4.02. The molecule has 1 aromatic heterocycles. The summed E-state index contributed by atoms with van der Waals surface area (Å²) in [4.78, 5) is 4.02. The van der Waals surface area contributed by atoms with Gasteiger partial charge < -0.3 is 0 Å². The van der Waals surface area contributed by atoms with Gasteiger partial charge in [0.2, 0.25) is 0 Å². The molecule has 0 amide bonds. The summed E-state index contributed by atoms with van der Waals surface area (Å²) in [6.45, 7) is 2.40. The maximum absolute atomic E-state index is 4.02. The van der Waals surface area contributed by atoms with Gasteiger partial charge in [-0.05, 0) is 30.0 Å². The molecular formula is C9H11IN2. The second-order valence-electron chi connectivity index (χ2n) is 3.13. The van der Waals surface area contributed by atoms with E-state index in [0.717, 1.165) is 5.92 Å². The van der Waals surface area contributed by atoms with Crippen molar-refractivity contribution in [2.45, 2.75) is 12.3 Å². The van der Waals surface area contributed by atoms with Crippen molar-refractivity contribution in [1.82, 2.24) is 8.10 Å². The molecule has 0 aliphatic carbocycles. The Labute approximate surface area is 86.5 Å². The van der Waals surface area contributed by atoms with Gasteiger partial charge in [0.05, 0.1) is 0 Å². The fourth-order valence-corrected chi connectivity index (χ4v) is 2.38. The molecule has 1 unspecified atom stereocenters. The quantitative estimate of drug-likeness (QED) is 0.576. The van der Waals surface area contributed by atoms with E-state index in [1.54, 1.807) is 0 Å². The predicted octanol–water partition coefficient (Wildman–Crippen LogP) is 2.22. The molecule has 1 saturated heterocycles. The van der Waals surface area contributed by atoms with Crippen molar-refractivity contribution < 1.29 is 0 Å². The zero-order chi connectivity index (χ0) is 8.39. The van der Waals surface area contributed by atoms with Gasteiger partial charge in [-0.3, -0.25) is 4.98 Å². The highest BCUT2D eigenvalue weighted by Crippen LogP contribution is 2.28. The van der Waals surface area contributed by atoms with E-state index >= 15 is 0 Å². The van der Waals surface area contributed by atoms with Crippen molar-refractivity contribution in [3.05, 3.63) is 30.1 Å². The largest absolute Gasteiger partial charge is 0.265 e. The lowest BCUT2D eigenvalue weighted by molar-refractivity contribution is 0.620. The van der Waals surface area contributed by atoms with Crippen molar-refractivity contribution >= 4 is 22.9 Å². The summed E-state index contributed by atoms with van der Waals surface area (Å²) in [7, 11) is 0. The minimum atomic E-state index is 0.727. The smallest absolute Gasteiger partial charge is 0.0270 e. The first kappa shape index (κ1) is 8.44. The van der Waals surface area contributed by atoms with E-state index in [9.17, 15) is 0 Å². The normalized spacial score (nSPS) is 24.6. The molecular weight excluding hydrogens is 263 g/mol. The first-order valence-corrected chi connectivity index (χ1v) is 5.13. The maximum Gasteiger partial charge on any atom is 0.0270 e. The molecule has 1 aliphatic rings. The second-order valence-corrected chi connectivity index (χ2v) is 4.50. The van der Waals surface area contributed by atoms with Crippen molar-refractivity contribution in [2.24, 2.45) is 0 Å². The topological polar surface area (TPSA) is 16.1 Å². The molecule has 1 atom stereocenters. The molecule has 0 saturated carbocycles. The van der Waals surface area contributed by atoms with Crippen molar-refractivity contribution in [3.63, 3.8) is 0 Å². The molecule has 12 heavy (non-hydrogen) atoms. The van der Waals surface area contributed by atoms with Crippen LogP contribution in [0.15, 0.2) is 24.5 Å². The number of hydrogen-bond donors (Lipinski definition) is 0. The van der Waals surface area contributed by atoms with Crippen LogP contribution in [0.2, 0.25) is 0 Å². The van der Waals surface area contributed by atoms with Crippen LogP contribution in [0.5, 0.6) is 0 Å². The van der Waals surface area contributed by atoms with E-state index in [-0.39, 0.29) is 0 Å². The van der Waals surface area contributed by atoms with Gasteiger partial charge in [-0.25, -0.2) is 3.11 Å². The molecule has 0 N–H and O–H groups in total. The number of hydrogen-bond acceptors (Lipinski definition) is 2. The third-order valence-corrected chi connectivity index (χ3v) is 3.19. The molecule has 1 aromatic rings. The number of aromatic nitrogens is 1. The van der Waals surface area contributed by atoms with Crippen LogP contribution in [0.25, 0.3) is 0 Å². The first-order valence-electron chi connectivity index (χ1n) is 4.17. The van der Waals surface area contributed by atoms with Crippen LogP contribution >= 0.6 is 22.9 Å². The lowest BCUT2D eigenvalue weighted by atomic mass is 10.0. The SMILES string of the molecule is IN1CCC(c2ccncc2)C1. The Bertz CT molecular complexity index is 250. The summed E-state index contributed by atoms with van der Waals surface area (Å²) in [6, 6.07) is 4.25. The van der Waals surface area contributed by atoms with Gasteiger partial charge in [-0.15, -0.1) is 0 Å². The van der Waals surface area contributed by atoms with Crippen LogP contribution < -0.4 is 0 Å². The average molecular weight is 274 g/mol. The van der Waals surface area contributed by atoms with E-state index in [1.165, 1.54) is 25.1 Å². The zero-order valence-electron chi connectivity index (χ0n) is 6.78. The number of nitrogens with zero attached hydrogens (tertiary/aromatic N) is 2. The Balaban J connectivity index is 2.11. The van der Waals surface area contributed by atoms with Crippen LogP contribution in [-0.4, -0.2) is 21.2 Å². The van der Waals surface area contributed by atoms with Gasteiger partial charge >= 0.3 is 0 Å². The van der Waals surface area contributed by atoms with Crippen LogP contribution in [0.1, 0.15) is 17.9 Å². The highest BCUT2D eigenvalue weighted by atomic mass is 127. The van der Waals surface area contributed by atoms with Gasteiger partial charge in [0.1, 0.15) is 0 Å². The van der Waals surface area contributed by atoms with Gasteiger partial charge in [0, 0.05) is 48.3 Å². The molecule has 2 rings (SSSR count). The molecule has 0 bridgehead atoms. The van der Waals surface area contributed by atoms with E-state index in [1.807, 2.05) is 12.4 Å². The summed E-state index contributed by atoms with van der Waals surface area (Å²) in [6.07, 6.45) is 5.04. The summed E-state index contributed by atoms with van der Waals surface area (Å²) in [5.41, 5.74) is 1.43. The standard InChI is InChI=1S/C9H11IN2/c10-12-6-3-9(7-12)8-1-4-11-5-2-8/h1-2,4-5,9H,3,6-7H2. The van der Waals surface area contributed by atoms with E-state index < -0.39 is 0 Å². The number of rotatable bonds is 1. The lowest BCUT2D eigenvalue weighted by Gasteiger charge is -2.08. The van der Waals surface area contributed by atoms with Crippen molar-refractivity contribution in [3.8, 4) is 0 Å². The summed E-state index contributed by atoms with van der Waals surface area (Å²) >= 11 is 2.39. The van der Waals surface area contributed by atoms with E-state index in [0.29, 0.717) is 0 Å². The fraction of sp³-hybridized carbons (Fsp3) is 0.444. The van der Waals surface area contributed by atoms with E-state index in [4.69, 9.17) is 0 Å². The van der Waals surface area contributed by atoms with Crippen LogP contribution in [-0.2, 0) is 0 Å². The van der Waals surface area contributed by atoms with Crippen molar-refractivity contribution in [1.29, 1.82) is 0 Å². The Morgan fingerprint density at radius 1 is 1.42 bits per heavy atom. The second kappa shape index (κ2) is 3.70. The Morgan fingerprint density at radius 3 is 2.75 bits per heavy atom.